The molecular formula is C14H20N2O5S2. The monoisotopic (exact) mass is 360 g/mol. The largest absolute Gasteiger partial charge is 0.478 e. The van der Waals surface area contributed by atoms with Crippen molar-refractivity contribution in [2.24, 2.45) is 0 Å². The fourth-order valence-corrected chi connectivity index (χ4v) is 6.40. The molecule has 7 nitrogen and oxygen atoms in total. The zero-order valence-electron chi connectivity index (χ0n) is 12.5. The molecule has 1 aliphatic carbocycles. The number of hydrogen-bond acceptors (Lipinski definition) is 6. The third-order valence-corrected chi connectivity index (χ3v) is 7.63. The van der Waals surface area contributed by atoms with Crippen molar-refractivity contribution >= 4 is 27.3 Å². The highest BCUT2D eigenvalue weighted by atomic mass is 32.2. The van der Waals surface area contributed by atoms with Crippen LogP contribution in [0.4, 0.5) is 0 Å². The molecule has 1 fully saturated rings. The molecule has 1 aromatic rings. The number of carbonyl (C=O) groups is 1. The molecule has 2 aliphatic rings. The second-order valence-corrected chi connectivity index (χ2v) is 8.99. The van der Waals surface area contributed by atoms with Crippen LogP contribution < -0.4 is 10.0 Å². The summed E-state index contributed by atoms with van der Waals surface area (Å²) in [6, 6.07) is -0.548. The molecule has 0 bridgehead atoms. The van der Waals surface area contributed by atoms with Crippen LogP contribution in [0.5, 0.6) is 0 Å². The van der Waals surface area contributed by atoms with Crippen molar-refractivity contribution in [3.05, 3.63) is 16.0 Å². The van der Waals surface area contributed by atoms with Gasteiger partial charge in [0.15, 0.2) is 0 Å². The second-order valence-electron chi connectivity index (χ2n) is 5.98. The molecule has 0 saturated heterocycles. The number of nitrogens with one attached hydrogen (secondary N) is 2. The molecule has 0 aromatic carbocycles. The van der Waals surface area contributed by atoms with Crippen LogP contribution in [0, 0.1) is 0 Å². The highest BCUT2D eigenvalue weighted by Gasteiger charge is 2.35. The first-order valence-corrected chi connectivity index (χ1v) is 9.99. The standard InChI is InChI=1S/C14H20N2O5S2/c17-10-4-2-1-3-9(10)16-23(20,21)14-12(13(18)19)8-5-6-15-7-11(8)22-14/h9-10,15-17H,1-7H2,(H,18,19)/t9-,10-/m0/s1. The van der Waals surface area contributed by atoms with E-state index in [1.54, 1.807) is 0 Å². The highest BCUT2D eigenvalue weighted by molar-refractivity contribution is 7.91. The van der Waals surface area contributed by atoms with Crippen LogP contribution in [-0.2, 0) is 23.0 Å². The van der Waals surface area contributed by atoms with Crippen LogP contribution in [-0.4, -0.2) is 43.3 Å². The number of aliphatic hydroxyl groups is 1. The molecule has 1 aromatic heterocycles. The van der Waals surface area contributed by atoms with Crippen molar-refractivity contribution in [3.8, 4) is 0 Å². The summed E-state index contributed by atoms with van der Waals surface area (Å²) in [6.45, 7) is 1.13. The fourth-order valence-electron chi connectivity index (χ4n) is 3.22. The second kappa shape index (κ2) is 6.48. The van der Waals surface area contributed by atoms with Gasteiger partial charge in [0.25, 0.3) is 10.0 Å². The van der Waals surface area contributed by atoms with Crippen molar-refractivity contribution in [2.75, 3.05) is 6.54 Å². The molecule has 0 spiro atoms. The number of thiophene rings is 1. The summed E-state index contributed by atoms with van der Waals surface area (Å²) in [5.41, 5.74) is 0.509. The molecule has 9 heteroatoms. The van der Waals surface area contributed by atoms with E-state index in [4.69, 9.17) is 0 Å². The van der Waals surface area contributed by atoms with Crippen LogP contribution in [0.15, 0.2) is 4.21 Å². The number of hydrogen-bond donors (Lipinski definition) is 4. The number of sulfonamides is 1. The maximum Gasteiger partial charge on any atom is 0.338 e. The van der Waals surface area contributed by atoms with Crippen molar-refractivity contribution in [2.45, 2.75) is 55.0 Å². The van der Waals surface area contributed by atoms with E-state index >= 15 is 0 Å². The summed E-state index contributed by atoms with van der Waals surface area (Å²) in [6.07, 6.45) is 2.64. The number of aromatic carboxylic acids is 1. The lowest BCUT2D eigenvalue weighted by molar-refractivity contribution is 0.0692. The minimum absolute atomic E-state index is 0.107. The first kappa shape index (κ1) is 16.8. The smallest absolute Gasteiger partial charge is 0.338 e. The van der Waals surface area contributed by atoms with Crippen LogP contribution in [0.25, 0.3) is 0 Å². The van der Waals surface area contributed by atoms with Gasteiger partial charge in [-0.05, 0) is 31.4 Å². The van der Waals surface area contributed by atoms with Gasteiger partial charge in [0.2, 0.25) is 0 Å². The zero-order chi connectivity index (χ0) is 16.6. The molecular weight excluding hydrogens is 340 g/mol. The van der Waals surface area contributed by atoms with Crippen LogP contribution in [0.3, 0.4) is 0 Å². The number of aliphatic hydroxyl groups excluding tert-OH is 1. The molecule has 2 atom stereocenters. The molecule has 0 amide bonds. The third kappa shape index (κ3) is 3.29. The molecule has 3 rings (SSSR count). The first-order chi connectivity index (χ1) is 10.9. The quantitative estimate of drug-likeness (QED) is 0.627. The zero-order valence-corrected chi connectivity index (χ0v) is 14.2. The van der Waals surface area contributed by atoms with Gasteiger partial charge in [0.1, 0.15) is 4.21 Å². The maximum atomic E-state index is 12.7. The Bertz CT molecular complexity index is 713. The Labute approximate surface area is 138 Å². The van der Waals surface area contributed by atoms with Crippen molar-refractivity contribution in [1.29, 1.82) is 0 Å². The molecule has 128 valence electrons. The van der Waals surface area contributed by atoms with Crippen LogP contribution in [0.2, 0.25) is 0 Å². The Kier molecular flexibility index (Phi) is 4.75. The number of carboxylic acid groups (broad SMARTS) is 1. The van der Waals surface area contributed by atoms with Gasteiger partial charge in [-0.15, -0.1) is 11.3 Å². The normalized spacial score (nSPS) is 25.1. The summed E-state index contributed by atoms with van der Waals surface area (Å²) in [5.74, 6) is -1.21. The lowest BCUT2D eigenvalue weighted by Gasteiger charge is -2.27. The number of fused-ring (bicyclic) bond motifs is 1. The molecule has 1 aliphatic heterocycles. The van der Waals surface area contributed by atoms with E-state index < -0.39 is 28.1 Å². The summed E-state index contributed by atoms with van der Waals surface area (Å²) < 4.78 is 27.8. The fraction of sp³-hybridized carbons (Fsp3) is 0.643. The Balaban J connectivity index is 1.96. The van der Waals surface area contributed by atoms with Crippen LogP contribution in [0.1, 0.15) is 46.5 Å². The third-order valence-electron chi connectivity index (χ3n) is 4.39. The van der Waals surface area contributed by atoms with Gasteiger partial charge in [-0.2, -0.15) is 0 Å². The van der Waals surface area contributed by atoms with Crippen molar-refractivity contribution in [1.82, 2.24) is 10.0 Å². The summed E-state index contributed by atoms with van der Waals surface area (Å²) in [7, 11) is -3.96. The summed E-state index contributed by atoms with van der Waals surface area (Å²) in [5, 5.41) is 22.6. The summed E-state index contributed by atoms with van der Waals surface area (Å²) in [4.78, 5) is 12.4. The molecule has 23 heavy (non-hydrogen) atoms. The van der Waals surface area contributed by atoms with E-state index in [2.05, 4.69) is 10.0 Å². The van der Waals surface area contributed by atoms with Crippen molar-refractivity contribution in [3.63, 3.8) is 0 Å². The van der Waals surface area contributed by atoms with Gasteiger partial charge in [-0.1, -0.05) is 12.8 Å². The topological polar surface area (TPSA) is 116 Å². The summed E-state index contributed by atoms with van der Waals surface area (Å²) >= 11 is 1.01. The minimum Gasteiger partial charge on any atom is -0.478 e. The van der Waals surface area contributed by atoms with Crippen LogP contribution >= 0.6 is 11.3 Å². The number of carboxylic acids is 1. The molecule has 0 unspecified atom stereocenters. The van der Waals surface area contributed by atoms with Gasteiger partial charge in [-0.3, -0.25) is 0 Å². The Morgan fingerprint density at radius 1 is 1.30 bits per heavy atom. The van der Waals surface area contributed by atoms with Gasteiger partial charge in [0.05, 0.1) is 11.7 Å². The van der Waals surface area contributed by atoms with Crippen molar-refractivity contribution < 1.29 is 23.4 Å². The molecule has 1 saturated carbocycles. The lowest BCUT2D eigenvalue weighted by atomic mass is 9.93. The Hall–Kier alpha value is -1.00. The number of rotatable bonds is 4. The molecule has 4 N–H and O–H groups in total. The van der Waals surface area contributed by atoms with Gasteiger partial charge in [-0.25, -0.2) is 17.9 Å². The van der Waals surface area contributed by atoms with E-state index in [9.17, 15) is 23.4 Å². The first-order valence-electron chi connectivity index (χ1n) is 7.69. The van der Waals surface area contributed by atoms with Gasteiger partial charge in [0, 0.05) is 17.5 Å². The average molecular weight is 360 g/mol. The highest BCUT2D eigenvalue weighted by Crippen LogP contribution is 2.35. The minimum atomic E-state index is -3.96. The predicted octanol–water partition coefficient (Wildman–Crippen LogP) is 0.674. The molecule has 0 radical (unpaired) electrons. The molecule has 2 heterocycles. The Morgan fingerprint density at radius 2 is 2.04 bits per heavy atom. The Morgan fingerprint density at radius 3 is 2.74 bits per heavy atom. The predicted molar refractivity (Wildman–Crippen MR) is 85.3 cm³/mol. The average Bonchev–Trinajstić information content (AvgIpc) is 2.90. The van der Waals surface area contributed by atoms with E-state index in [0.717, 1.165) is 29.1 Å². The van der Waals surface area contributed by atoms with E-state index in [1.807, 2.05) is 0 Å². The van der Waals surface area contributed by atoms with Gasteiger partial charge >= 0.3 is 5.97 Å². The van der Waals surface area contributed by atoms with E-state index in [-0.39, 0.29) is 9.77 Å². The van der Waals surface area contributed by atoms with E-state index in [0.29, 0.717) is 37.9 Å². The van der Waals surface area contributed by atoms with E-state index in [1.165, 1.54) is 0 Å². The lowest BCUT2D eigenvalue weighted by Crippen LogP contribution is -2.45. The SMILES string of the molecule is O=C(O)c1c(S(=O)(=O)N[C@H]2CCCC[C@@H]2O)sc2c1CCNC2. The van der Waals surface area contributed by atoms with Gasteiger partial charge < -0.3 is 15.5 Å². The maximum absolute atomic E-state index is 12.7.